The number of ether oxygens (including phenoxy) is 1. The van der Waals surface area contributed by atoms with E-state index >= 15 is 0 Å². The number of hydrogen-bond acceptors (Lipinski definition) is 2. The molecule has 0 spiro atoms. The van der Waals surface area contributed by atoms with Crippen LogP contribution in [-0.2, 0) is 0 Å². The van der Waals surface area contributed by atoms with Gasteiger partial charge in [-0.3, -0.25) is 4.79 Å². The predicted octanol–water partition coefficient (Wildman–Crippen LogP) is 4.21. The fourth-order valence-corrected chi connectivity index (χ4v) is 1.84. The van der Waals surface area contributed by atoms with Gasteiger partial charge >= 0.3 is 0 Å². The van der Waals surface area contributed by atoms with Gasteiger partial charge in [0.25, 0.3) is 0 Å². The minimum Gasteiger partial charge on any atom is -0.485 e. The molecule has 0 saturated carbocycles. The third kappa shape index (κ3) is 3.67. The van der Waals surface area contributed by atoms with Gasteiger partial charge in [0.15, 0.2) is 12.4 Å². The highest BCUT2D eigenvalue weighted by Crippen LogP contribution is 2.18. The first kappa shape index (κ1) is 14.3. The molecule has 0 atom stereocenters. The number of rotatable bonds is 5. The van der Waals surface area contributed by atoms with Crippen molar-refractivity contribution in [3.63, 3.8) is 0 Å². The van der Waals surface area contributed by atoms with Gasteiger partial charge in [0.05, 0.1) is 0 Å². The maximum atomic E-state index is 13.0. The number of Topliss-reactive ketones (excluding diaryl/α,β-unsaturated/α-hetero) is 1. The second-order valence-electron chi connectivity index (χ2n) is 4.95. The Balaban J connectivity index is 1.96. The lowest BCUT2D eigenvalue weighted by Crippen LogP contribution is -2.11. The molecule has 0 aliphatic heterocycles. The standard InChI is InChI=1S/C17H17FO2/c1-12(2)13-6-8-16(9-7-13)20-11-17(19)14-4-3-5-15(18)10-14/h3-10,12H,11H2,1-2H3. The summed E-state index contributed by atoms with van der Waals surface area (Å²) in [6.07, 6.45) is 0. The molecule has 0 aliphatic rings. The quantitative estimate of drug-likeness (QED) is 0.762. The van der Waals surface area contributed by atoms with Crippen LogP contribution in [0.2, 0.25) is 0 Å². The topological polar surface area (TPSA) is 26.3 Å². The maximum absolute atomic E-state index is 13.0. The molecule has 2 nitrogen and oxygen atoms in total. The molecule has 0 aromatic heterocycles. The first-order chi connectivity index (χ1) is 9.56. The average molecular weight is 272 g/mol. The Morgan fingerprint density at radius 3 is 2.45 bits per heavy atom. The highest BCUT2D eigenvalue weighted by atomic mass is 19.1. The van der Waals surface area contributed by atoms with E-state index in [0.29, 0.717) is 17.2 Å². The van der Waals surface area contributed by atoms with Crippen molar-refractivity contribution < 1.29 is 13.9 Å². The van der Waals surface area contributed by atoms with Gasteiger partial charge in [0, 0.05) is 5.56 Å². The number of ketones is 1. The van der Waals surface area contributed by atoms with Crippen molar-refractivity contribution in [1.82, 2.24) is 0 Å². The van der Waals surface area contributed by atoms with Crippen molar-refractivity contribution >= 4 is 5.78 Å². The van der Waals surface area contributed by atoms with E-state index in [1.165, 1.54) is 23.8 Å². The molecule has 0 amide bonds. The lowest BCUT2D eigenvalue weighted by molar-refractivity contribution is 0.0921. The van der Waals surface area contributed by atoms with Gasteiger partial charge in [-0.2, -0.15) is 0 Å². The van der Waals surface area contributed by atoms with Crippen LogP contribution < -0.4 is 4.74 Å². The number of halogens is 1. The van der Waals surface area contributed by atoms with Crippen molar-refractivity contribution in [2.75, 3.05) is 6.61 Å². The fourth-order valence-electron chi connectivity index (χ4n) is 1.84. The Morgan fingerprint density at radius 2 is 1.85 bits per heavy atom. The zero-order valence-corrected chi connectivity index (χ0v) is 11.6. The Labute approximate surface area is 118 Å². The monoisotopic (exact) mass is 272 g/mol. The summed E-state index contributed by atoms with van der Waals surface area (Å²) in [4.78, 5) is 11.9. The zero-order chi connectivity index (χ0) is 14.5. The minimum absolute atomic E-state index is 0.0928. The molecule has 0 fully saturated rings. The third-order valence-electron chi connectivity index (χ3n) is 3.06. The molecular formula is C17H17FO2. The molecule has 0 aliphatic carbocycles. The number of hydrogen-bond donors (Lipinski definition) is 0. The first-order valence-corrected chi connectivity index (χ1v) is 6.58. The molecule has 0 N–H and O–H groups in total. The second kappa shape index (κ2) is 6.33. The van der Waals surface area contributed by atoms with Crippen molar-refractivity contribution in [3.8, 4) is 5.75 Å². The van der Waals surface area contributed by atoms with Crippen LogP contribution in [-0.4, -0.2) is 12.4 Å². The summed E-state index contributed by atoms with van der Waals surface area (Å²) in [5, 5.41) is 0. The Hall–Kier alpha value is -2.16. The van der Waals surface area contributed by atoms with E-state index in [9.17, 15) is 9.18 Å². The van der Waals surface area contributed by atoms with Crippen LogP contribution in [0.4, 0.5) is 4.39 Å². The van der Waals surface area contributed by atoms with E-state index in [-0.39, 0.29) is 12.4 Å². The minimum atomic E-state index is -0.419. The van der Waals surface area contributed by atoms with Crippen LogP contribution in [0.1, 0.15) is 35.7 Å². The number of benzene rings is 2. The fraction of sp³-hybridized carbons (Fsp3) is 0.235. The van der Waals surface area contributed by atoms with Crippen LogP contribution in [0.25, 0.3) is 0 Å². The summed E-state index contributed by atoms with van der Waals surface area (Å²) in [6, 6.07) is 13.3. The van der Waals surface area contributed by atoms with Crippen molar-refractivity contribution in [1.29, 1.82) is 0 Å². The van der Waals surface area contributed by atoms with E-state index in [1.807, 2.05) is 24.3 Å². The summed E-state index contributed by atoms with van der Waals surface area (Å²) < 4.78 is 18.4. The highest BCUT2D eigenvalue weighted by molar-refractivity contribution is 5.97. The normalized spacial score (nSPS) is 10.6. The Kier molecular flexibility index (Phi) is 4.51. The van der Waals surface area contributed by atoms with Crippen molar-refractivity contribution in [2.24, 2.45) is 0 Å². The summed E-state index contributed by atoms with van der Waals surface area (Å²) in [5.74, 6) is 0.437. The maximum Gasteiger partial charge on any atom is 0.200 e. The summed E-state index contributed by atoms with van der Waals surface area (Å²) in [7, 11) is 0. The van der Waals surface area contributed by atoms with Gasteiger partial charge in [-0.1, -0.05) is 38.1 Å². The first-order valence-electron chi connectivity index (χ1n) is 6.58. The van der Waals surface area contributed by atoms with Crippen molar-refractivity contribution in [3.05, 3.63) is 65.5 Å². The molecule has 0 heterocycles. The van der Waals surface area contributed by atoms with Gasteiger partial charge in [0.1, 0.15) is 11.6 Å². The predicted molar refractivity (Wildman–Crippen MR) is 76.8 cm³/mol. The molecule has 0 saturated heterocycles. The van der Waals surface area contributed by atoms with Gasteiger partial charge in [0.2, 0.25) is 0 Å². The van der Waals surface area contributed by atoms with Gasteiger partial charge in [-0.05, 0) is 35.7 Å². The smallest absolute Gasteiger partial charge is 0.200 e. The second-order valence-corrected chi connectivity index (χ2v) is 4.95. The zero-order valence-electron chi connectivity index (χ0n) is 11.6. The molecule has 2 aromatic carbocycles. The third-order valence-corrected chi connectivity index (χ3v) is 3.06. The SMILES string of the molecule is CC(C)c1ccc(OCC(=O)c2cccc(F)c2)cc1. The van der Waals surface area contributed by atoms with E-state index in [1.54, 1.807) is 6.07 Å². The van der Waals surface area contributed by atoms with E-state index in [0.717, 1.165) is 0 Å². The summed E-state index contributed by atoms with van der Waals surface area (Å²) in [5.41, 5.74) is 1.54. The summed E-state index contributed by atoms with van der Waals surface area (Å²) >= 11 is 0. The van der Waals surface area contributed by atoms with Crippen LogP contribution in [0.15, 0.2) is 48.5 Å². The highest BCUT2D eigenvalue weighted by Gasteiger charge is 2.08. The van der Waals surface area contributed by atoms with E-state index in [4.69, 9.17) is 4.74 Å². The van der Waals surface area contributed by atoms with Gasteiger partial charge < -0.3 is 4.74 Å². The molecule has 2 aromatic rings. The van der Waals surface area contributed by atoms with Gasteiger partial charge in [-0.15, -0.1) is 0 Å². The Morgan fingerprint density at radius 1 is 1.15 bits per heavy atom. The van der Waals surface area contributed by atoms with Crippen LogP contribution >= 0.6 is 0 Å². The average Bonchev–Trinajstić information content (AvgIpc) is 2.45. The molecule has 3 heteroatoms. The van der Waals surface area contributed by atoms with Crippen LogP contribution in [0.3, 0.4) is 0 Å². The van der Waals surface area contributed by atoms with Crippen LogP contribution in [0.5, 0.6) is 5.75 Å². The van der Waals surface area contributed by atoms with Gasteiger partial charge in [-0.25, -0.2) is 4.39 Å². The number of carbonyl (C=O) groups is 1. The molecule has 104 valence electrons. The molecule has 2 rings (SSSR count). The molecular weight excluding hydrogens is 255 g/mol. The van der Waals surface area contributed by atoms with E-state index < -0.39 is 5.82 Å². The lowest BCUT2D eigenvalue weighted by Gasteiger charge is -2.08. The lowest BCUT2D eigenvalue weighted by atomic mass is 10.0. The largest absolute Gasteiger partial charge is 0.485 e. The molecule has 20 heavy (non-hydrogen) atoms. The molecule has 0 unspecified atom stereocenters. The molecule has 0 bridgehead atoms. The molecule has 0 radical (unpaired) electrons. The summed E-state index contributed by atoms with van der Waals surface area (Å²) in [6.45, 7) is 4.14. The van der Waals surface area contributed by atoms with Crippen LogP contribution in [0, 0.1) is 5.82 Å². The van der Waals surface area contributed by atoms with E-state index in [2.05, 4.69) is 13.8 Å². The number of carbonyl (C=O) groups excluding carboxylic acids is 1. The Bertz CT molecular complexity index is 588. The van der Waals surface area contributed by atoms with Crippen molar-refractivity contribution in [2.45, 2.75) is 19.8 Å².